The molecule has 0 N–H and O–H groups in total. The van der Waals surface area contributed by atoms with E-state index in [9.17, 15) is 0 Å². The molecule has 1 unspecified atom stereocenters. The first-order valence-corrected chi connectivity index (χ1v) is 6.81. The van der Waals surface area contributed by atoms with E-state index >= 15 is 0 Å². The molecule has 0 bridgehead atoms. The van der Waals surface area contributed by atoms with Gasteiger partial charge in [-0.1, -0.05) is 33.1 Å². The lowest BCUT2D eigenvalue weighted by molar-refractivity contribution is 0.106. The molecule has 0 spiro atoms. The Morgan fingerprint density at radius 2 is 2.08 bits per heavy atom. The van der Waals surface area contributed by atoms with E-state index in [1.165, 1.54) is 25.7 Å². The van der Waals surface area contributed by atoms with Gasteiger partial charge < -0.3 is 4.74 Å². The minimum absolute atomic E-state index is 0.793. The Morgan fingerprint density at radius 1 is 1.31 bits per heavy atom. The fourth-order valence-electron chi connectivity index (χ4n) is 1.29. The molecule has 0 aliphatic heterocycles. The van der Waals surface area contributed by atoms with E-state index in [0.29, 0.717) is 0 Å². The highest BCUT2D eigenvalue weighted by molar-refractivity contribution is 7.98. The van der Waals surface area contributed by atoms with Crippen LogP contribution in [0, 0.1) is 5.92 Å². The van der Waals surface area contributed by atoms with Crippen molar-refractivity contribution < 1.29 is 4.74 Å². The maximum Gasteiger partial charge on any atom is 0.0556 e. The molecular weight excluding hydrogens is 180 g/mol. The second-order valence-corrected chi connectivity index (χ2v) is 4.47. The Kier molecular flexibility index (Phi) is 10.6. The standard InChI is InChI=1S/C11H24OS/c1-4-6-7-11(5-2)10-12-8-9-13-3/h11H,4-10H2,1-3H3. The average molecular weight is 204 g/mol. The Balaban J connectivity index is 3.25. The van der Waals surface area contributed by atoms with Crippen LogP contribution in [0.15, 0.2) is 0 Å². The highest BCUT2D eigenvalue weighted by Gasteiger charge is 2.04. The molecule has 0 rings (SSSR count). The average Bonchev–Trinajstić information content (AvgIpc) is 2.17. The van der Waals surface area contributed by atoms with Gasteiger partial charge in [-0.3, -0.25) is 0 Å². The van der Waals surface area contributed by atoms with Gasteiger partial charge in [0.1, 0.15) is 0 Å². The molecule has 2 heteroatoms. The van der Waals surface area contributed by atoms with E-state index in [0.717, 1.165) is 24.9 Å². The van der Waals surface area contributed by atoms with Gasteiger partial charge in [0, 0.05) is 12.4 Å². The van der Waals surface area contributed by atoms with Gasteiger partial charge in [0.05, 0.1) is 6.61 Å². The molecular formula is C11H24OS. The minimum Gasteiger partial charge on any atom is -0.380 e. The molecule has 0 amide bonds. The molecule has 13 heavy (non-hydrogen) atoms. The van der Waals surface area contributed by atoms with Gasteiger partial charge >= 0.3 is 0 Å². The largest absolute Gasteiger partial charge is 0.380 e. The summed E-state index contributed by atoms with van der Waals surface area (Å²) in [5.41, 5.74) is 0. The van der Waals surface area contributed by atoms with E-state index in [1.54, 1.807) is 0 Å². The Hall–Kier alpha value is 0.310. The number of rotatable bonds is 9. The Labute approximate surface area is 87.6 Å². The van der Waals surface area contributed by atoms with Crippen LogP contribution in [0.25, 0.3) is 0 Å². The third kappa shape index (κ3) is 8.63. The predicted molar refractivity (Wildman–Crippen MR) is 62.5 cm³/mol. The molecule has 0 aromatic rings. The minimum atomic E-state index is 0.793. The summed E-state index contributed by atoms with van der Waals surface area (Å²) >= 11 is 1.85. The molecule has 1 atom stereocenters. The quantitative estimate of drug-likeness (QED) is 0.531. The van der Waals surface area contributed by atoms with Gasteiger partial charge in [-0.05, 0) is 18.6 Å². The van der Waals surface area contributed by atoms with Crippen molar-refractivity contribution in [2.75, 3.05) is 25.2 Å². The number of thioether (sulfide) groups is 1. The van der Waals surface area contributed by atoms with Crippen molar-refractivity contribution in [3.05, 3.63) is 0 Å². The van der Waals surface area contributed by atoms with Crippen molar-refractivity contribution in [1.29, 1.82) is 0 Å². The number of ether oxygens (including phenoxy) is 1. The first-order chi connectivity index (χ1) is 6.35. The topological polar surface area (TPSA) is 9.23 Å². The summed E-state index contributed by atoms with van der Waals surface area (Å²) in [5, 5.41) is 0. The summed E-state index contributed by atoms with van der Waals surface area (Å²) in [5.74, 6) is 1.92. The monoisotopic (exact) mass is 204 g/mol. The van der Waals surface area contributed by atoms with Crippen LogP contribution in [0.1, 0.15) is 39.5 Å². The van der Waals surface area contributed by atoms with Crippen LogP contribution in [0.2, 0.25) is 0 Å². The van der Waals surface area contributed by atoms with Gasteiger partial charge in [0.15, 0.2) is 0 Å². The number of hydrogen-bond donors (Lipinski definition) is 0. The molecule has 1 nitrogen and oxygen atoms in total. The van der Waals surface area contributed by atoms with E-state index in [1.807, 2.05) is 11.8 Å². The maximum atomic E-state index is 5.60. The van der Waals surface area contributed by atoms with Gasteiger partial charge in [-0.15, -0.1) is 0 Å². The van der Waals surface area contributed by atoms with Crippen LogP contribution in [-0.2, 0) is 4.74 Å². The molecule has 0 fully saturated rings. The van der Waals surface area contributed by atoms with Crippen LogP contribution >= 0.6 is 11.8 Å². The van der Waals surface area contributed by atoms with Crippen LogP contribution in [0.5, 0.6) is 0 Å². The number of hydrogen-bond acceptors (Lipinski definition) is 2. The van der Waals surface area contributed by atoms with Crippen molar-refractivity contribution in [3.8, 4) is 0 Å². The van der Waals surface area contributed by atoms with Crippen LogP contribution in [0.4, 0.5) is 0 Å². The van der Waals surface area contributed by atoms with E-state index in [2.05, 4.69) is 20.1 Å². The fourth-order valence-corrected chi connectivity index (χ4v) is 1.57. The third-order valence-electron chi connectivity index (χ3n) is 2.33. The Bertz CT molecular complexity index is 96.1. The van der Waals surface area contributed by atoms with Crippen LogP contribution in [-0.4, -0.2) is 25.2 Å². The Morgan fingerprint density at radius 3 is 2.62 bits per heavy atom. The highest BCUT2D eigenvalue weighted by atomic mass is 32.2. The number of unbranched alkanes of at least 4 members (excludes halogenated alkanes) is 1. The predicted octanol–water partition coefficient (Wildman–Crippen LogP) is 3.58. The lowest BCUT2D eigenvalue weighted by Gasteiger charge is -2.14. The van der Waals surface area contributed by atoms with Crippen molar-refractivity contribution in [1.82, 2.24) is 0 Å². The van der Waals surface area contributed by atoms with E-state index in [4.69, 9.17) is 4.74 Å². The first kappa shape index (κ1) is 13.3. The zero-order chi connectivity index (χ0) is 9.94. The van der Waals surface area contributed by atoms with Crippen molar-refractivity contribution in [2.24, 2.45) is 5.92 Å². The van der Waals surface area contributed by atoms with Crippen LogP contribution < -0.4 is 0 Å². The summed E-state index contributed by atoms with van der Waals surface area (Å²) in [6.45, 7) is 6.40. The van der Waals surface area contributed by atoms with Crippen molar-refractivity contribution in [3.63, 3.8) is 0 Å². The second kappa shape index (κ2) is 10.4. The van der Waals surface area contributed by atoms with E-state index in [-0.39, 0.29) is 0 Å². The molecule has 80 valence electrons. The maximum absolute atomic E-state index is 5.60. The zero-order valence-electron chi connectivity index (χ0n) is 9.34. The zero-order valence-corrected chi connectivity index (χ0v) is 10.2. The summed E-state index contributed by atoms with van der Waals surface area (Å²) in [4.78, 5) is 0. The molecule has 0 aliphatic rings. The third-order valence-corrected chi connectivity index (χ3v) is 2.90. The van der Waals surface area contributed by atoms with Crippen molar-refractivity contribution >= 4 is 11.8 Å². The van der Waals surface area contributed by atoms with E-state index < -0.39 is 0 Å². The van der Waals surface area contributed by atoms with Gasteiger partial charge in [-0.25, -0.2) is 0 Å². The first-order valence-electron chi connectivity index (χ1n) is 5.41. The van der Waals surface area contributed by atoms with Crippen molar-refractivity contribution in [2.45, 2.75) is 39.5 Å². The molecule has 0 heterocycles. The normalized spacial score (nSPS) is 13.2. The molecule has 0 saturated heterocycles. The summed E-state index contributed by atoms with van der Waals surface area (Å²) < 4.78 is 5.60. The van der Waals surface area contributed by atoms with Gasteiger partial charge in [-0.2, -0.15) is 11.8 Å². The SMILES string of the molecule is CCCCC(CC)COCCSC. The van der Waals surface area contributed by atoms with Gasteiger partial charge in [0.2, 0.25) is 0 Å². The molecule has 0 aromatic heterocycles. The highest BCUT2D eigenvalue weighted by Crippen LogP contribution is 2.12. The summed E-state index contributed by atoms with van der Waals surface area (Å²) in [6.07, 6.45) is 7.38. The summed E-state index contributed by atoms with van der Waals surface area (Å²) in [7, 11) is 0. The molecule has 0 aromatic carbocycles. The fraction of sp³-hybridized carbons (Fsp3) is 1.00. The van der Waals surface area contributed by atoms with Gasteiger partial charge in [0.25, 0.3) is 0 Å². The second-order valence-electron chi connectivity index (χ2n) is 3.48. The molecule has 0 aliphatic carbocycles. The molecule has 0 radical (unpaired) electrons. The lowest BCUT2D eigenvalue weighted by atomic mass is 10.0. The summed E-state index contributed by atoms with van der Waals surface area (Å²) in [6, 6.07) is 0. The molecule has 0 saturated carbocycles. The smallest absolute Gasteiger partial charge is 0.0556 e. The lowest BCUT2D eigenvalue weighted by Crippen LogP contribution is -2.10. The van der Waals surface area contributed by atoms with Crippen LogP contribution in [0.3, 0.4) is 0 Å².